The number of aliphatic hydroxyl groups excluding tert-OH is 2. The predicted octanol–water partition coefficient (Wildman–Crippen LogP) is 1.39. The molecule has 0 saturated carbocycles. The van der Waals surface area contributed by atoms with Gasteiger partial charge in [0.25, 0.3) is 5.91 Å². The number of hydrogen-bond acceptors (Lipinski definition) is 4. The number of halogens is 1. The lowest BCUT2D eigenvalue weighted by molar-refractivity contribution is -0.141. The summed E-state index contributed by atoms with van der Waals surface area (Å²) < 4.78 is 0. The summed E-state index contributed by atoms with van der Waals surface area (Å²) in [5.74, 6) is -0.352. The average Bonchev–Trinajstić information content (AvgIpc) is 2.67. The molecule has 2 heterocycles. The maximum atomic E-state index is 12.8. The van der Waals surface area contributed by atoms with Crippen molar-refractivity contribution in [3.05, 3.63) is 34.9 Å². The van der Waals surface area contributed by atoms with E-state index in [4.69, 9.17) is 11.6 Å². The Bertz CT molecular complexity index is 661. The molecular weight excluding hydrogens is 356 g/mol. The fourth-order valence-electron chi connectivity index (χ4n) is 3.79. The first-order chi connectivity index (χ1) is 12.5. The lowest BCUT2D eigenvalue weighted by Gasteiger charge is -2.39. The number of carbonyl (C=O) groups is 2. The van der Waals surface area contributed by atoms with Crippen LogP contribution < -0.4 is 0 Å². The monoisotopic (exact) mass is 380 g/mol. The van der Waals surface area contributed by atoms with Gasteiger partial charge >= 0.3 is 0 Å². The summed E-state index contributed by atoms with van der Waals surface area (Å²) in [6, 6.07) is 6.90. The molecule has 0 bridgehead atoms. The molecule has 2 N–H and O–H groups in total. The van der Waals surface area contributed by atoms with Gasteiger partial charge in [-0.2, -0.15) is 0 Å². The number of piperidine rings is 2. The van der Waals surface area contributed by atoms with Crippen LogP contribution in [-0.2, 0) is 4.79 Å². The summed E-state index contributed by atoms with van der Waals surface area (Å²) in [4.78, 5) is 28.8. The van der Waals surface area contributed by atoms with Crippen LogP contribution in [0.4, 0.5) is 0 Å². The molecule has 26 heavy (non-hydrogen) atoms. The Labute approximate surface area is 158 Å². The minimum atomic E-state index is -0.541. The zero-order valence-electron chi connectivity index (χ0n) is 14.7. The van der Waals surface area contributed by atoms with Crippen LogP contribution in [0.1, 0.15) is 29.6 Å². The molecule has 0 radical (unpaired) electrons. The minimum absolute atomic E-state index is 0.0557. The van der Waals surface area contributed by atoms with Gasteiger partial charge < -0.3 is 20.0 Å². The highest BCUT2D eigenvalue weighted by Gasteiger charge is 2.35. The molecule has 7 heteroatoms. The molecule has 0 aromatic heterocycles. The molecule has 142 valence electrons. The molecule has 1 aromatic rings. The van der Waals surface area contributed by atoms with Crippen LogP contribution in [0, 0.1) is 11.8 Å². The van der Waals surface area contributed by atoms with Gasteiger partial charge in [0.15, 0.2) is 0 Å². The normalized spacial score (nSPS) is 24.6. The molecule has 6 nitrogen and oxygen atoms in total. The number of nitrogens with zero attached hydrogens (tertiary/aromatic N) is 2. The number of benzene rings is 1. The summed E-state index contributed by atoms with van der Waals surface area (Å²) >= 11 is 5.96. The zero-order valence-corrected chi connectivity index (χ0v) is 15.4. The minimum Gasteiger partial charge on any atom is -0.396 e. The Morgan fingerprint density at radius 1 is 1.12 bits per heavy atom. The van der Waals surface area contributed by atoms with Gasteiger partial charge in [0.2, 0.25) is 5.91 Å². The molecule has 1 aromatic carbocycles. The largest absolute Gasteiger partial charge is 0.396 e. The second-order valence-electron chi connectivity index (χ2n) is 7.16. The fourth-order valence-corrected chi connectivity index (χ4v) is 3.98. The average molecular weight is 381 g/mol. The van der Waals surface area contributed by atoms with Gasteiger partial charge in [-0.25, -0.2) is 0 Å². The molecule has 2 amide bonds. The van der Waals surface area contributed by atoms with E-state index in [2.05, 4.69) is 0 Å². The third kappa shape index (κ3) is 4.19. The molecule has 2 atom stereocenters. The number of carbonyl (C=O) groups excluding carboxylic acids is 2. The Morgan fingerprint density at radius 3 is 2.46 bits per heavy atom. The van der Waals surface area contributed by atoms with Crippen LogP contribution in [0.3, 0.4) is 0 Å². The topological polar surface area (TPSA) is 81.1 Å². The van der Waals surface area contributed by atoms with Crippen molar-refractivity contribution in [1.82, 2.24) is 9.80 Å². The van der Waals surface area contributed by atoms with Crippen molar-refractivity contribution in [2.75, 3.05) is 32.8 Å². The molecule has 3 rings (SSSR count). The van der Waals surface area contributed by atoms with Crippen LogP contribution in [0.5, 0.6) is 0 Å². The van der Waals surface area contributed by atoms with Gasteiger partial charge in [0.1, 0.15) is 0 Å². The van der Waals surface area contributed by atoms with Gasteiger partial charge in [-0.05, 0) is 37.5 Å². The van der Waals surface area contributed by atoms with Gasteiger partial charge in [-0.3, -0.25) is 9.59 Å². The Morgan fingerprint density at radius 2 is 1.81 bits per heavy atom. The maximum absolute atomic E-state index is 12.8. The molecule has 2 saturated heterocycles. The van der Waals surface area contributed by atoms with Gasteiger partial charge in [0, 0.05) is 48.6 Å². The van der Waals surface area contributed by atoms with E-state index in [1.165, 1.54) is 0 Å². The van der Waals surface area contributed by atoms with E-state index in [1.807, 2.05) is 0 Å². The molecule has 2 aliphatic rings. The van der Waals surface area contributed by atoms with Crippen molar-refractivity contribution in [1.29, 1.82) is 0 Å². The van der Waals surface area contributed by atoms with Crippen molar-refractivity contribution in [3.63, 3.8) is 0 Å². The molecule has 0 unspecified atom stereocenters. The highest BCUT2D eigenvalue weighted by molar-refractivity contribution is 6.30. The standard InChI is InChI=1S/C19H25ClN2O4/c20-16-3-1-2-14(10-16)19(26)21-7-4-13(5-8-21)18(25)22-9-6-17(24)15(11-22)12-23/h1-3,10,13,15,17,23-24H,4-9,11-12H2/t15-,17-/m1/s1. The Hall–Kier alpha value is -1.63. The zero-order chi connectivity index (χ0) is 18.7. The van der Waals surface area contributed by atoms with Crippen LogP contribution in [-0.4, -0.2) is 70.7 Å². The summed E-state index contributed by atoms with van der Waals surface area (Å²) in [7, 11) is 0. The van der Waals surface area contributed by atoms with E-state index in [0.717, 1.165) is 0 Å². The summed E-state index contributed by atoms with van der Waals surface area (Å²) in [6.45, 7) is 1.90. The lowest BCUT2D eigenvalue weighted by atomic mass is 9.91. The number of likely N-dealkylation sites (tertiary alicyclic amines) is 2. The molecular formula is C19H25ClN2O4. The third-order valence-electron chi connectivity index (χ3n) is 5.44. The lowest BCUT2D eigenvalue weighted by Crippen LogP contribution is -2.50. The number of hydrogen-bond donors (Lipinski definition) is 2. The maximum Gasteiger partial charge on any atom is 0.253 e. The Kier molecular flexibility index (Phi) is 6.16. The van der Waals surface area contributed by atoms with E-state index < -0.39 is 6.10 Å². The van der Waals surface area contributed by atoms with E-state index in [9.17, 15) is 19.8 Å². The summed E-state index contributed by atoms with van der Waals surface area (Å²) in [5.41, 5.74) is 0.568. The van der Waals surface area contributed by atoms with E-state index >= 15 is 0 Å². The van der Waals surface area contributed by atoms with Crippen molar-refractivity contribution < 1.29 is 19.8 Å². The van der Waals surface area contributed by atoms with E-state index in [1.54, 1.807) is 34.1 Å². The number of amides is 2. The molecule has 0 spiro atoms. The first kappa shape index (κ1) is 19.1. The fraction of sp³-hybridized carbons (Fsp3) is 0.579. The van der Waals surface area contributed by atoms with Crippen molar-refractivity contribution in [2.24, 2.45) is 11.8 Å². The summed E-state index contributed by atoms with van der Waals surface area (Å²) in [6.07, 6.45) is 1.23. The van der Waals surface area contributed by atoms with E-state index in [-0.39, 0.29) is 30.3 Å². The van der Waals surface area contributed by atoms with Crippen LogP contribution in [0.25, 0.3) is 0 Å². The number of aliphatic hydroxyl groups is 2. The second kappa shape index (κ2) is 8.37. The van der Waals surface area contributed by atoms with Gasteiger partial charge in [-0.15, -0.1) is 0 Å². The van der Waals surface area contributed by atoms with Gasteiger partial charge in [-0.1, -0.05) is 17.7 Å². The molecule has 2 aliphatic heterocycles. The third-order valence-corrected chi connectivity index (χ3v) is 5.68. The van der Waals surface area contributed by atoms with Crippen LogP contribution in [0.15, 0.2) is 24.3 Å². The molecule has 0 aliphatic carbocycles. The van der Waals surface area contributed by atoms with Crippen molar-refractivity contribution >= 4 is 23.4 Å². The highest BCUT2D eigenvalue weighted by atomic mass is 35.5. The van der Waals surface area contributed by atoms with Crippen LogP contribution in [0.2, 0.25) is 5.02 Å². The Balaban J connectivity index is 1.55. The summed E-state index contributed by atoms with van der Waals surface area (Å²) in [5, 5.41) is 19.7. The van der Waals surface area contributed by atoms with Crippen LogP contribution >= 0.6 is 11.6 Å². The van der Waals surface area contributed by atoms with Gasteiger partial charge in [0.05, 0.1) is 12.7 Å². The first-order valence-corrected chi connectivity index (χ1v) is 9.50. The van der Waals surface area contributed by atoms with Crippen molar-refractivity contribution in [3.8, 4) is 0 Å². The SMILES string of the molecule is O=C(c1cccc(Cl)c1)N1CCC(C(=O)N2CC[C@@H](O)[C@@H](CO)C2)CC1. The quantitative estimate of drug-likeness (QED) is 0.830. The number of rotatable bonds is 3. The smallest absolute Gasteiger partial charge is 0.253 e. The molecule has 2 fully saturated rings. The predicted molar refractivity (Wildman–Crippen MR) is 97.9 cm³/mol. The second-order valence-corrected chi connectivity index (χ2v) is 7.60. The highest BCUT2D eigenvalue weighted by Crippen LogP contribution is 2.25. The van der Waals surface area contributed by atoms with E-state index in [0.29, 0.717) is 56.0 Å². The van der Waals surface area contributed by atoms with Crippen molar-refractivity contribution in [2.45, 2.75) is 25.4 Å². The first-order valence-electron chi connectivity index (χ1n) is 9.12.